The second-order valence-electron chi connectivity index (χ2n) is 7.78. The van der Waals surface area contributed by atoms with Gasteiger partial charge in [-0.15, -0.1) is 0 Å². The van der Waals surface area contributed by atoms with Crippen LogP contribution in [0.15, 0.2) is 36.5 Å². The molecule has 1 N–H and O–H groups in total. The number of hydrogen-bond acceptors (Lipinski definition) is 7. The van der Waals surface area contributed by atoms with Gasteiger partial charge in [0.15, 0.2) is 0 Å². The number of nitrogens with zero attached hydrogens (tertiary/aromatic N) is 4. The molecule has 0 bridgehead atoms. The number of anilines is 2. The molecule has 0 spiro atoms. The average Bonchev–Trinajstić information content (AvgIpc) is 3.23. The fourth-order valence-electron chi connectivity index (χ4n) is 3.88. The minimum Gasteiger partial charge on any atom is -0.489 e. The average molecular weight is 412 g/mol. The molecule has 0 unspecified atom stereocenters. The Morgan fingerprint density at radius 2 is 1.93 bits per heavy atom. The summed E-state index contributed by atoms with van der Waals surface area (Å²) in [5.74, 6) is 2.52. The first-order chi connectivity index (χ1) is 14.6. The Balaban J connectivity index is 1.34. The minimum atomic E-state index is -0.0321. The molecular weight excluding hydrogens is 382 g/mol. The first kappa shape index (κ1) is 20.4. The van der Waals surface area contributed by atoms with Gasteiger partial charge in [-0.25, -0.2) is 4.98 Å². The van der Waals surface area contributed by atoms with Gasteiger partial charge in [-0.2, -0.15) is 4.98 Å². The summed E-state index contributed by atoms with van der Waals surface area (Å²) in [5.41, 5.74) is 1.06. The van der Waals surface area contributed by atoms with Crippen molar-refractivity contribution in [2.75, 3.05) is 49.2 Å². The summed E-state index contributed by atoms with van der Waals surface area (Å²) in [5, 5.41) is 2.89. The molecule has 1 aromatic carbocycles. The van der Waals surface area contributed by atoms with Crippen LogP contribution < -0.4 is 19.9 Å². The molecule has 160 valence electrons. The number of ether oxygens (including phenoxy) is 2. The van der Waals surface area contributed by atoms with Gasteiger partial charge in [-0.1, -0.05) is 12.1 Å². The van der Waals surface area contributed by atoms with Crippen LogP contribution in [0, 0.1) is 0 Å². The third-order valence-corrected chi connectivity index (χ3v) is 5.49. The van der Waals surface area contributed by atoms with E-state index in [2.05, 4.69) is 20.1 Å². The van der Waals surface area contributed by atoms with Crippen molar-refractivity contribution in [2.24, 2.45) is 0 Å². The van der Waals surface area contributed by atoms with Gasteiger partial charge in [-0.05, 0) is 30.7 Å². The molecule has 2 aliphatic rings. The monoisotopic (exact) mass is 411 g/mol. The van der Waals surface area contributed by atoms with Crippen molar-refractivity contribution < 1.29 is 14.3 Å². The van der Waals surface area contributed by atoms with Crippen molar-refractivity contribution in [1.82, 2.24) is 15.3 Å². The molecule has 3 heterocycles. The van der Waals surface area contributed by atoms with E-state index in [4.69, 9.17) is 14.5 Å². The summed E-state index contributed by atoms with van der Waals surface area (Å²) in [6.45, 7) is 8.29. The molecule has 0 saturated carbocycles. The normalized spacial score (nSPS) is 20.1. The maximum Gasteiger partial charge on any atom is 0.227 e. The molecule has 2 fully saturated rings. The summed E-state index contributed by atoms with van der Waals surface area (Å²) in [6, 6.07) is 9.89. The van der Waals surface area contributed by atoms with Crippen molar-refractivity contribution in [2.45, 2.75) is 32.4 Å². The zero-order valence-electron chi connectivity index (χ0n) is 17.6. The number of amides is 1. The second kappa shape index (κ2) is 9.30. The first-order valence-electron chi connectivity index (χ1n) is 10.5. The Kier molecular flexibility index (Phi) is 6.32. The lowest BCUT2D eigenvalue weighted by Gasteiger charge is -2.27. The highest BCUT2D eigenvalue weighted by atomic mass is 16.5. The summed E-state index contributed by atoms with van der Waals surface area (Å²) in [6.07, 6.45) is 2.89. The predicted molar refractivity (Wildman–Crippen MR) is 115 cm³/mol. The fourth-order valence-corrected chi connectivity index (χ4v) is 3.88. The summed E-state index contributed by atoms with van der Waals surface area (Å²) < 4.78 is 11.6. The molecule has 2 aliphatic heterocycles. The number of aromatic nitrogens is 2. The van der Waals surface area contributed by atoms with Crippen LogP contribution in [0.25, 0.3) is 0 Å². The molecule has 1 amide bonds. The van der Waals surface area contributed by atoms with Gasteiger partial charge >= 0.3 is 0 Å². The number of carbonyl (C=O) groups excluding carboxylic acids is 1. The lowest BCUT2D eigenvalue weighted by molar-refractivity contribution is -0.119. The van der Waals surface area contributed by atoms with E-state index in [9.17, 15) is 4.79 Å². The van der Waals surface area contributed by atoms with Crippen molar-refractivity contribution >= 4 is 17.7 Å². The van der Waals surface area contributed by atoms with E-state index in [0.717, 1.165) is 68.9 Å². The third kappa shape index (κ3) is 4.99. The minimum absolute atomic E-state index is 0.0167. The van der Waals surface area contributed by atoms with E-state index in [-0.39, 0.29) is 18.1 Å². The van der Waals surface area contributed by atoms with Crippen molar-refractivity contribution in [3.63, 3.8) is 0 Å². The largest absolute Gasteiger partial charge is 0.489 e. The molecule has 2 saturated heterocycles. The maximum atomic E-state index is 11.2. The zero-order chi connectivity index (χ0) is 20.9. The topological polar surface area (TPSA) is 79.8 Å². The van der Waals surface area contributed by atoms with Gasteiger partial charge < -0.3 is 24.6 Å². The van der Waals surface area contributed by atoms with Gasteiger partial charge in [-0.3, -0.25) is 4.79 Å². The number of nitrogens with one attached hydrogen (secondary N) is 1. The van der Waals surface area contributed by atoms with E-state index in [1.807, 2.05) is 43.5 Å². The molecule has 30 heavy (non-hydrogen) atoms. The van der Waals surface area contributed by atoms with Crippen molar-refractivity contribution in [3.8, 4) is 5.75 Å². The number of carbonyl (C=O) groups is 1. The standard InChI is InChI=1S/C22H29N5O3/c1-16(24-17(2)28)18-3-5-19(6-4-18)30-20-8-10-27(15-20)21-7-9-23-22(25-21)26-11-13-29-14-12-26/h3-7,9,16,20H,8,10-15H2,1-2H3,(H,24,28)/t16-,20+/m0/s1. The Hall–Kier alpha value is -2.87. The molecule has 2 aromatic rings. The summed E-state index contributed by atoms with van der Waals surface area (Å²) in [4.78, 5) is 24.9. The van der Waals surface area contributed by atoms with E-state index in [1.54, 1.807) is 0 Å². The summed E-state index contributed by atoms with van der Waals surface area (Å²) >= 11 is 0. The molecule has 2 atom stereocenters. The quantitative estimate of drug-likeness (QED) is 0.780. The number of rotatable bonds is 6. The third-order valence-electron chi connectivity index (χ3n) is 5.49. The second-order valence-corrected chi connectivity index (χ2v) is 7.78. The molecule has 1 aromatic heterocycles. The van der Waals surface area contributed by atoms with Crippen LogP contribution in [-0.2, 0) is 9.53 Å². The highest BCUT2D eigenvalue weighted by Gasteiger charge is 2.26. The van der Waals surface area contributed by atoms with E-state index in [1.165, 1.54) is 6.92 Å². The van der Waals surface area contributed by atoms with Crippen molar-refractivity contribution in [1.29, 1.82) is 0 Å². The van der Waals surface area contributed by atoms with Crippen LogP contribution in [0.4, 0.5) is 11.8 Å². The maximum absolute atomic E-state index is 11.2. The molecular formula is C22H29N5O3. The molecule has 0 aliphatic carbocycles. The van der Waals surface area contributed by atoms with E-state index in [0.29, 0.717) is 0 Å². The fraction of sp³-hybridized carbons (Fsp3) is 0.500. The highest BCUT2D eigenvalue weighted by Crippen LogP contribution is 2.25. The van der Waals surface area contributed by atoms with Crippen LogP contribution in [0.5, 0.6) is 5.75 Å². The van der Waals surface area contributed by atoms with Gasteiger partial charge in [0.05, 0.1) is 25.8 Å². The summed E-state index contributed by atoms with van der Waals surface area (Å²) in [7, 11) is 0. The van der Waals surface area contributed by atoms with Crippen LogP contribution >= 0.6 is 0 Å². The zero-order valence-corrected chi connectivity index (χ0v) is 17.6. The van der Waals surface area contributed by atoms with Gasteiger partial charge in [0, 0.05) is 39.2 Å². The number of hydrogen-bond donors (Lipinski definition) is 1. The molecule has 4 rings (SSSR count). The van der Waals surface area contributed by atoms with Crippen LogP contribution in [0.1, 0.15) is 31.9 Å². The Morgan fingerprint density at radius 3 is 2.67 bits per heavy atom. The molecule has 8 nitrogen and oxygen atoms in total. The highest BCUT2D eigenvalue weighted by molar-refractivity contribution is 5.73. The number of benzene rings is 1. The Bertz CT molecular complexity index is 854. The Morgan fingerprint density at radius 1 is 1.17 bits per heavy atom. The predicted octanol–water partition coefficient (Wildman–Crippen LogP) is 2.17. The molecule has 8 heteroatoms. The van der Waals surface area contributed by atoms with Crippen LogP contribution in [0.2, 0.25) is 0 Å². The van der Waals surface area contributed by atoms with Crippen LogP contribution in [0.3, 0.4) is 0 Å². The number of morpholine rings is 1. The Labute approximate surface area is 177 Å². The van der Waals surface area contributed by atoms with E-state index >= 15 is 0 Å². The SMILES string of the molecule is CC(=O)N[C@@H](C)c1ccc(O[C@@H]2CCN(c3ccnc(N4CCOCC4)n3)C2)cc1. The van der Waals surface area contributed by atoms with Crippen LogP contribution in [-0.4, -0.2) is 61.4 Å². The lowest BCUT2D eigenvalue weighted by Crippen LogP contribution is -2.37. The van der Waals surface area contributed by atoms with E-state index < -0.39 is 0 Å². The first-order valence-corrected chi connectivity index (χ1v) is 10.5. The van der Waals surface area contributed by atoms with Crippen molar-refractivity contribution in [3.05, 3.63) is 42.1 Å². The molecule has 0 radical (unpaired) electrons. The van der Waals surface area contributed by atoms with Gasteiger partial charge in [0.2, 0.25) is 11.9 Å². The lowest BCUT2D eigenvalue weighted by atomic mass is 10.1. The van der Waals surface area contributed by atoms with Gasteiger partial charge in [0.1, 0.15) is 17.7 Å². The van der Waals surface area contributed by atoms with Gasteiger partial charge in [0.25, 0.3) is 0 Å². The smallest absolute Gasteiger partial charge is 0.227 e.